The Morgan fingerprint density at radius 1 is 1.50 bits per heavy atom. The van der Waals surface area contributed by atoms with E-state index in [1.165, 1.54) is 11.3 Å². The zero-order valence-corrected chi connectivity index (χ0v) is 10.9. The molecule has 0 radical (unpaired) electrons. The molecule has 0 aliphatic rings. The van der Waals surface area contributed by atoms with Crippen molar-refractivity contribution in [1.29, 1.82) is 0 Å². The van der Waals surface area contributed by atoms with Gasteiger partial charge >= 0.3 is 11.9 Å². The van der Waals surface area contributed by atoms with E-state index in [1.807, 2.05) is 0 Å². The third kappa shape index (κ3) is 2.39. The van der Waals surface area contributed by atoms with Crippen molar-refractivity contribution in [2.75, 3.05) is 6.61 Å². The average molecular weight is 284 g/mol. The van der Waals surface area contributed by atoms with Gasteiger partial charge in [0.1, 0.15) is 0 Å². The predicted octanol–water partition coefficient (Wildman–Crippen LogP) is 2.14. The van der Waals surface area contributed by atoms with Crippen molar-refractivity contribution < 1.29 is 19.4 Å². The van der Waals surface area contributed by atoms with Gasteiger partial charge in [-0.15, -0.1) is 22.7 Å². The van der Waals surface area contributed by atoms with E-state index in [0.717, 1.165) is 11.3 Å². The van der Waals surface area contributed by atoms with E-state index >= 15 is 0 Å². The smallest absolute Gasteiger partial charge is 0.367 e. The zero-order valence-electron chi connectivity index (χ0n) is 9.24. The summed E-state index contributed by atoms with van der Waals surface area (Å²) in [6.45, 7) is 1.89. The van der Waals surface area contributed by atoms with Gasteiger partial charge in [-0.3, -0.25) is 0 Å². The predicted molar refractivity (Wildman–Crippen MR) is 66.1 cm³/mol. The van der Waals surface area contributed by atoms with E-state index in [-0.39, 0.29) is 17.3 Å². The number of ether oxygens (including phenoxy) is 1. The van der Waals surface area contributed by atoms with Crippen LogP contribution in [0.25, 0.3) is 10.6 Å². The highest BCUT2D eigenvalue weighted by Crippen LogP contribution is 2.30. The Morgan fingerprint density at radius 3 is 2.83 bits per heavy atom. The lowest BCUT2D eigenvalue weighted by Crippen LogP contribution is -2.05. The highest BCUT2D eigenvalue weighted by Gasteiger charge is 2.23. The molecule has 0 saturated heterocycles. The molecular weight excluding hydrogens is 276 g/mol. The molecule has 2 heterocycles. The van der Waals surface area contributed by atoms with Gasteiger partial charge in [0, 0.05) is 5.38 Å². The van der Waals surface area contributed by atoms with Crippen LogP contribution >= 0.6 is 22.7 Å². The van der Waals surface area contributed by atoms with E-state index in [0.29, 0.717) is 10.6 Å². The summed E-state index contributed by atoms with van der Waals surface area (Å²) in [4.78, 5) is 30.8. The molecule has 18 heavy (non-hydrogen) atoms. The lowest BCUT2D eigenvalue weighted by Gasteiger charge is -1.95. The summed E-state index contributed by atoms with van der Waals surface area (Å²) in [6, 6.07) is 0. The van der Waals surface area contributed by atoms with Crippen molar-refractivity contribution >= 4 is 34.6 Å². The van der Waals surface area contributed by atoms with Crippen LogP contribution in [-0.2, 0) is 4.74 Å². The van der Waals surface area contributed by atoms with Crippen LogP contribution < -0.4 is 0 Å². The van der Waals surface area contributed by atoms with Crippen molar-refractivity contribution in [2.24, 2.45) is 0 Å². The highest BCUT2D eigenvalue weighted by atomic mass is 32.1. The second-order valence-electron chi connectivity index (χ2n) is 3.10. The van der Waals surface area contributed by atoms with Gasteiger partial charge in [-0.05, 0) is 6.92 Å². The fourth-order valence-electron chi connectivity index (χ4n) is 1.24. The third-order valence-electron chi connectivity index (χ3n) is 1.94. The standard InChI is InChI=1S/C10H8N2O4S2/c1-2-16-10(15)8-12-6(9(13)14)7(18-8)5-3-17-4-11-5/h3-4H,2H2,1H3,(H,13,14). The van der Waals surface area contributed by atoms with Gasteiger partial charge in [0.05, 0.1) is 22.7 Å². The molecule has 0 fully saturated rings. The first-order valence-corrected chi connectivity index (χ1v) is 6.69. The normalized spacial score (nSPS) is 10.3. The number of carboxylic acid groups (broad SMARTS) is 1. The van der Waals surface area contributed by atoms with Gasteiger partial charge in [-0.25, -0.2) is 19.6 Å². The number of carboxylic acids is 1. The number of esters is 1. The molecule has 6 nitrogen and oxygen atoms in total. The number of nitrogens with zero attached hydrogens (tertiary/aromatic N) is 2. The van der Waals surface area contributed by atoms with E-state index in [1.54, 1.807) is 17.8 Å². The summed E-state index contributed by atoms with van der Waals surface area (Å²) in [5.74, 6) is -1.81. The summed E-state index contributed by atoms with van der Waals surface area (Å²) in [6.07, 6.45) is 0. The molecule has 0 amide bonds. The summed E-state index contributed by atoms with van der Waals surface area (Å²) < 4.78 is 4.79. The van der Waals surface area contributed by atoms with Crippen molar-refractivity contribution in [1.82, 2.24) is 9.97 Å². The second kappa shape index (κ2) is 5.23. The molecule has 2 rings (SSSR count). The molecule has 0 bridgehead atoms. The first-order valence-electron chi connectivity index (χ1n) is 4.93. The number of hydrogen-bond donors (Lipinski definition) is 1. The Labute approximate surface area is 110 Å². The first kappa shape index (κ1) is 12.7. The molecule has 0 saturated carbocycles. The molecule has 0 unspecified atom stereocenters. The highest BCUT2D eigenvalue weighted by molar-refractivity contribution is 7.17. The van der Waals surface area contributed by atoms with Gasteiger partial charge in [0.25, 0.3) is 0 Å². The summed E-state index contributed by atoms with van der Waals surface area (Å²) in [5, 5.41) is 10.8. The van der Waals surface area contributed by atoms with Gasteiger partial charge in [-0.2, -0.15) is 0 Å². The van der Waals surface area contributed by atoms with Crippen molar-refractivity contribution in [3.05, 3.63) is 21.6 Å². The summed E-state index contributed by atoms with van der Waals surface area (Å²) >= 11 is 2.31. The summed E-state index contributed by atoms with van der Waals surface area (Å²) in [5.41, 5.74) is 1.92. The monoisotopic (exact) mass is 284 g/mol. The minimum atomic E-state index is -1.19. The number of rotatable bonds is 4. The van der Waals surface area contributed by atoms with Gasteiger partial charge in [0.2, 0.25) is 5.01 Å². The summed E-state index contributed by atoms with van der Waals surface area (Å²) in [7, 11) is 0. The number of aromatic carboxylic acids is 1. The number of thiazole rings is 2. The minimum absolute atomic E-state index is 0.0252. The molecule has 0 aliphatic carbocycles. The average Bonchev–Trinajstić information content (AvgIpc) is 2.98. The second-order valence-corrected chi connectivity index (χ2v) is 4.81. The van der Waals surface area contributed by atoms with Crippen LogP contribution in [0.2, 0.25) is 0 Å². The molecule has 8 heteroatoms. The maximum absolute atomic E-state index is 11.5. The van der Waals surface area contributed by atoms with Crippen molar-refractivity contribution in [3.8, 4) is 10.6 Å². The SMILES string of the molecule is CCOC(=O)c1nc(C(=O)O)c(-c2cscn2)s1. The van der Waals surface area contributed by atoms with Crippen LogP contribution in [0.15, 0.2) is 10.9 Å². The topological polar surface area (TPSA) is 89.4 Å². The van der Waals surface area contributed by atoms with Gasteiger partial charge in [0.15, 0.2) is 5.69 Å². The van der Waals surface area contributed by atoms with Crippen molar-refractivity contribution in [2.45, 2.75) is 6.92 Å². The number of carbonyl (C=O) groups excluding carboxylic acids is 1. The van der Waals surface area contributed by atoms with Gasteiger partial charge < -0.3 is 9.84 Å². The van der Waals surface area contributed by atoms with Crippen LogP contribution in [0.4, 0.5) is 0 Å². The Morgan fingerprint density at radius 2 is 2.28 bits per heavy atom. The van der Waals surface area contributed by atoms with Crippen LogP contribution in [-0.4, -0.2) is 33.6 Å². The molecular formula is C10H8N2O4S2. The van der Waals surface area contributed by atoms with E-state index in [4.69, 9.17) is 9.84 Å². The van der Waals surface area contributed by atoms with Crippen LogP contribution in [0.1, 0.15) is 27.2 Å². The van der Waals surface area contributed by atoms with Gasteiger partial charge in [-0.1, -0.05) is 0 Å². The first-order chi connectivity index (χ1) is 8.63. The third-order valence-corrected chi connectivity index (χ3v) is 3.59. The number of carbonyl (C=O) groups is 2. The maximum atomic E-state index is 11.5. The van der Waals surface area contributed by atoms with E-state index < -0.39 is 11.9 Å². The number of aromatic nitrogens is 2. The quantitative estimate of drug-likeness (QED) is 0.865. The number of hydrogen-bond acceptors (Lipinski definition) is 7. The Hall–Kier alpha value is -1.80. The molecule has 0 aromatic carbocycles. The molecule has 2 aromatic heterocycles. The fraction of sp³-hybridized carbons (Fsp3) is 0.200. The molecule has 0 aliphatic heterocycles. The molecule has 0 spiro atoms. The minimum Gasteiger partial charge on any atom is -0.476 e. The lowest BCUT2D eigenvalue weighted by molar-refractivity contribution is 0.0526. The Kier molecular flexibility index (Phi) is 3.68. The van der Waals surface area contributed by atoms with Crippen molar-refractivity contribution in [3.63, 3.8) is 0 Å². The molecule has 0 atom stereocenters. The molecule has 94 valence electrons. The van der Waals surface area contributed by atoms with E-state index in [2.05, 4.69) is 9.97 Å². The molecule has 1 N–H and O–H groups in total. The van der Waals surface area contributed by atoms with E-state index in [9.17, 15) is 9.59 Å². The maximum Gasteiger partial charge on any atom is 0.367 e. The van der Waals surface area contributed by atoms with Crippen LogP contribution in [0.3, 0.4) is 0 Å². The zero-order chi connectivity index (χ0) is 13.1. The van der Waals surface area contributed by atoms with Crippen LogP contribution in [0, 0.1) is 0 Å². The molecule has 2 aromatic rings. The largest absolute Gasteiger partial charge is 0.476 e. The Balaban J connectivity index is 2.45. The Bertz CT molecular complexity index is 577. The lowest BCUT2D eigenvalue weighted by atomic mass is 10.3. The van der Waals surface area contributed by atoms with Crippen LogP contribution in [0.5, 0.6) is 0 Å². The fourth-order valence-corrected chi connectivity index (χ4v) is 2.78.